The van der Waals surface area contributed by atoms with Gasteiger partial charge in [-0.1, -0.05) is 36.4 Å². The van der Waals surface area contributed by atoms with Gasteiger partial charge in [-0.2, -0.15) is 0 Å². The molecule has 130 valence electrons. The van der Waals surface area contributed by atoms with E-state index in [9.17, 15) is 9.59 Å². The van der Waals surface area contributed by atoms with Gasteiger partial charge in [0.2, 0.25) is 5.91 Å². The zero-order chi connectivity index (χ0) is 17.8. The molecule has 25 heavy (non-hydrogen) atoms. The number of aryl methyl sites for hydroxylation is 1. The Hall–Kier alpha value is -2.82. The van der Waals surface area contributed by atoms with Crippen molar-refractivity contribution in [1.82, 2.24) is 10.6 Å². The third kappa shape index (κ3) is 4.18. The van der Waals surface area contributed by atoms with Crippen LogP contribution in [-0.2, 0) is 11.2 Å². The Morgan fingerprint density at radius 1 is 1.12 bits per heavy atom. The molecule has 0 spiro atoms. The summed E-state index contributed by atoms with van der Waals surface area (Å²) in [6.45, 7) is 3.40. The van der Waals surface area contributed by atoms with Crippen molar-refractivity contribution >= 4 is 17.6 Å². The molecule has 0 aromatic heterocycles. The number of carbonyl (C=O) groups is 2. The molecule has 3 rings (SSSR count). The first-order valence-electron chi connectivity index (χ1n) is 8.55. The van der Waals surface area contributed by atoms with Crippen molar-refractivity contribution in [3.63, 3.8) is 0 Å². The van der Waals surface area contributed by atoms with E-state index in [1.54, 1.807) is 0 Å². The molecule has 3 amide bonds. The van der Waals surface area contributed by atoms with E-state index in [1.807, 2.05) is 43.3 Å². The van der Waals surface area contributed by atoms with Gasteiger partial charge in [0.1, 0.15) is 0 Å². The minimum atomic E-state index is -0.181. The number of fused-ring (bicyclic) bond motifs is 1. The van der Waals surface area contributed by atoms with E-state index in [2.05, 4.69) is 28.1 Å². The molecule has 0 heterocycles. The highest BCUT2D eigenvalue weighted by atomic mass is 16.2. The molecule has 0 fully saturated rings. The Morgan fingerprint density at radius 2 is 1.92 bits per heavy atom. The SMILES string of the molecule is CC(=O)Nc1cccc([C@H](C)NC(=O)N[C@@H]2CCc3ccccc32)c1. The van der Waals surface area contributed by atoms with Crippen LogP contribution in [0.4, 0.5) is 10.5 Å². The molecule has 2 aromatic rings. The van der Waals surface area contributed by atoms with E-state index in [4.69, 9.17) is 0 Å². The van der Waals surface area contributed by atoms with Crippen LogP contribution in [0.2, 0.25) is 0 Å². The van der Waals surface area contributed by atoms with Gasteiger partial charge in [0, 0.05) is 12.6 Å². The van der Waals surface area contributed by atoms with Crippen LogP contribution in [-0.4, -0.2) is 11.9 Å². The Bertz CT molecular complexity index is 788. The topological polar surface area (TPSA) is 70.2 Å². The lowest BCUT2D eigenvalue weighted by Crippen LogP contribution is -2.38. The molecule has 1 aliphatic carbocycles. The van der Waals surface area contributed by atoms with Crippen LogP contribution in [0.5, 0.6) is 0 Å². The fourth-order valence-electron chi connectivity index (χ4n) is 3.28. The molecule has 0 aliphatic heterocycles. The number of amides is 3. The van der Waals surface area contributed by atoms with Crippen LogP contribution >= 0.6 is 0 Å². The van der Waals surface area contributed by atoms with Crippen molar-refractivity contribution in [3.8, 4) is 0 Å². The van der Waals surface area contributed by atoms with E-state index < -0.39 is 0 Å². The molecule has 0 saturated carbocycles. The van der Waals surface area contributed by atoms with E-state index in [0.717, 1.165) is 24.1 Å². The van der Waals surface area contributed by atoms with Gasteiger partial charge in [0.25, 0.3) is 0 Å². The van der Waals surface area contributed by atoms with Crippen molar-refractivity contribution in [2.24, 2.45) is 0 Å². The molecule has 5 nitrogen and oxygen atoms in total. The first-order chi connectivity index (χ1) is 12.0. The van der Waals surface area contributed by atoms with E-state index >= 15 is 0 Å². The lowest BCUT2D eigenvalue weighted by Gasteiger charge is -2.19. The monoisotopic (exact) mass is 337 g/mol. The number of hydrogen-bond donors (Lipinski definition) is 3. The summed E-state index contributed by atoms with van der Waals surface area (Å²) in [5.41, 5.74) is 4.18. The number of rotatable bonds is 4. The first-order valence-corrected chi connectivity index (χ1v) is 8.55. The molecule has 0 radical (unpaired) electrons. The molecular formula is C20H23N3O2. The minimum absolute atomic E-state index is 0.0640. The van der Waals surface area contributed by atoms with Gasteiger partial charge in [0.05, 0.1) is 12.1 Å². The molecule has 0 saturated heterocycles. The van der Waals surface area contributed by atoms with Gasteiger partial charge in [-0.05, 0) is 48.6 Å². The van der Waals surface area contributed by atoms with Crippen LogP contribution < -0.4 is 16.0 Å². The molecular weight excluding hydrogens is 314 g/mol. The lowest BCUT2D eigenvalue weighted by atomic mass is 10.1. The summed E-state index contributed by atoms with van der Waals surface area (Å²) in [7, 11) is 0. The van der Waals surface area contributed by atoms with Gasteiger partial charge in [-0.15, -0.1) is 0 Å². The minimum Gasteiger partial charge on any atom is -0.332 e. The third-order valence-electron chi connectivity index (χ3n) is 4.49. The van der Waals surface area contributed by atoms with Gasteiger partial charge >= 0.3 is 6.03 Å². The van der Waals surface area contributed by atoms with Crippen LogP contribution in [0.25, 0.3) is 0 Å². The predicted octanol–water partition coefficient (Wildman–Crippen LogP) is 3.69. The zero-order valence-corrected chi connectivity index (χ0v) is 14.5. The second-order valence-corrected chi connectivity index (χ2v) is 6.44. The van der Waals surface area contributed by atoms with E-state index in [-0.39, 0.29) is 24.0 Å². The average molecular weight is 337 g/mol. The fraction of sp³-hybridized carbons (Fsp3) is 0.300. The molecule has 2 atom stereocenters. The van der Waals surface area contributed by atoms with Gasteiger partial charge < -0.3 is 16.0 Å². The van der Waals surface area contributed by atoms with E-state index in [1.165, 1.54) is 18.1 Å². The summed E-state index contributed by atoms with van der Waals surface area (Å²) in [5.74, 6) is -0.115. The van der Waals surface area contributed by atoms with Crippen LogP contribution in [0.3, 0.4) is 0 Å². The van der Waals surface area contributed by atoms with Gasteiger partial charge in [-0.3, -0.25) is 4.79 Å². The summed E-state index contributed by atoms with van der Waals surface area (Å²) in [6, 6.07) is 15.4. The molecule has 0 unspecified atom stereocenters. The van der Waals surface area contributed by atoms with Crippen LogP contribution in [0.15, 0.2) is 48.5 Å². The second-order valence-electron chi connectivity index (χ2n) is 6.44. The Kier molecular flexibility index (Phi) is 5.03. The first kappa shape index (κ1) is 17.0. The van der Waals surface area contributed by atoms with Crippen LogP contribution in [0, 0.1) is 0 Å². The van der Waals surface area contributed by atoms with Crippen molar-refractivity contribution in [2.75, 3.05) is 5.32 Å². The zero-order valence-electron chi connectivity index (χ0n) is 14.5. The summed E-state index contributed by atoms with van der Waals surface area (Å²) in [6.07, 6.45) is 1.93. The van der Waals surface area contributed by atoms with Crippen molar-refractivity contribution < 1.29 is 9.59 Å². The Labute approximate surface area is 147 Å². The van der Waals surface area contributed by atoms with Crippen molar-refractivity contribution in [2.45, 2.75) is 38.8 Å². The number of hydrogen-bond acceptors (Lipinski definition) is 2. The number of anilines is 1. The lowest BCUT2D eigenvalue weighted by molar-refractivity contribution is -0.114. The molecule has 5 heteroatoms. The summed E-state index contributed by atoms with van der Waals surface area (Å²) >= 11 is 0. The molecule has 1 aliphatic rings. The molecule has 2 aromatic carbocycles. The Morgan fingerprint density at radius 3 is 2.72 bits per heavy atom. The number of urea groups is 1. The predicted molar refractivity (Wildman–Crippen MR) is 98.3 cm³/mol. The summed E-state index contributed by atoms with van der Waals surface area (Å²) < 4.78 is 0. The molecule has 3 N–H and O–H groups in total. The second kappa shape index (κ2) is 7.38. The van der Waals surface area contributed by atoms with Crippen molar-refractivity contribution in [1.29, 1.82) is 0 Å². The summed E-state index contributed by atoms with van der Waals surface area (Å²) in [4.78, 5) is 23.5. The standard InChI is InChI=1S/C20H23N3O2/c1-13(16-7-5-8-17(12-16)22-14(2)24)21-20(25)23-19-11-10-15-6-3-4-9-18(15)19/h3-9,12-13,19H,10-11H2,1-2H3,(H,22,24)(H2,21,23,25)/t13-,19+/m0/s1. The number of benzene rings is 2. The third-order valence-corrected chi connectivity index (χ3v) is 4.49. The largest absolute Gasteiger partial charge is 0.332 e. The van der Waals surface area contributed by atoms with Gasteiger partial charge in [-0.25, -0.2) is 4.79 Å². The van der Waals surface area contributed by atoms with Crippen LogP contribution in [0.1, 0.15) is 49.0 Å². The average Bonchev–Trinajstić information content (AvgIpc) is 2.97. The van der Waals surface area contributed by atoms with Crippen molar-refractivity contribution in [3.05, 3.63) is 65.2 Å². The highest BCUT2D eigenvalue weighted by Crippen LogP contribution is 2.30. The number of carbonyl (C=O) groups excluding carboxylic acids is 2. The molecule has 0 bridgehead atoms. The smallest absolute Gasteiger partial charge is 0.315 e. The maximum atomic E-state index is 12.4. The maximum Gasteiger partial charge on any atom is 0.315 e. The summed E-state index contributed by atoms with van der Waals surface area (Å²) in [5, 5.41) is 8.79. The highest BCUT2D eigenvalue weighted by Gasteiger charge is 2.23. The quantitative estimate of drug-likeness (QED) is 0.796. The normalized spacial score (nSPS) is 16.6. The number of nitrogens with one attached hydrogen (secondary N) is 3. The van der Waals surface area contributed by atoms with Gasteiger partial charge in [0.15, 0.2) is 0 Å². The maximum absolute atomic E-state index is 12.4. The Balaban J connectivity index is 1.61. The highest BCUT2D eigenvalue weighted by molar-refractivity contribution is 5.88. The van der Waals surface area contributed by atoms with E-state index in [0.29, 0.717) is 0 Å². The fourth-order valence-corrected chi connectivity index (χ4v) is 3.28.